The van der Waals surface area contributed by atoms with E-state index in [1.54, 1.807) is 6.07 Å². The summed E-state index contributed by atoms with van der Waals surface area (Å²) in [5.74, 6) is 0.0353. The predicted molar refractivity (Wildman–Crippen MR) is 112 cm³/mol. The predicted octanol–water partition coefficient (Wildman–Crippen LogP) is 3.81. The van der Waals surface area contributed by atoms with E-state index >= 15 is 0 Å². The Morgan fingerprint density at radius 1 is 1.14 bits per heavy atom. The van der Waals surface area contributed by atoms with Gasteiger partial charge in [-0.1, -0.05) is 42.5 Å². The van der Waals surface area contributed by atoms with E-state index in [2.05, 4.69) is 10.6 Å². The summed E-state index contributed by atoms with van der Waals surface area (Å²) in [6.07, 6.45) is 0.133. The summed E-state index contributed by atoms with van der Waals surface area (Å²) in [5.41, 5.74) is 0.833. The van der Waals surface area contributed by atoms with Crippen molar-refractivity contribution in [2.45, 2.75) is 6.42 Å². The van der Waals surface area contributed by atoms with Crippen molar-refractivity contribution in [3.63, 3.8) is 0 Å². The Bertz CT molecular complexity index is 1060. The molecule has 0 atom stereocenters. The first kappa shape index (κ1) is 19.2. The number of amides is 1. The molecule has 3 aromatic rings. The number of thiocarbonyl (C=S) groups is 1. The molecule has 2 N–H and O–H groups in total. The second-order valence-corrected chi connectivity index (χ2v) is 6.37. The number of methoxy groups -OCH3 is 1. The first-order chi connectivity index (χ1) is 13.5. The van der Waals surface area contributed by atoms with Crippen LogP contribution in [0.1, 0.15) is 5.56 Å². The zero-order chi connectivity index (χ0) is 20.1. The number of anilines is 1. The van der Waals surface area contributed by atoms with Crippen molar-refractivity contribution in [3.8, 4) is 5.75 Å². The highest BCUT2D eigenvalue weighted by atomic mass is 32.1. The van der Waals surface area contributed by atoms with Crippen LogP contribution in [0.5, 0.6) is 5.75 Å². The molecule has 8 heteroatoms. The van der Waals surface area contributed by atoms with Crippen molar-refractivity contribution in [2.24, 2.45) is 0 Å². The van der Waals surface area contributed by atoms with E-state index in [9.17, 15) is 14.9 Å². The van der Waals surface area contributed by atoms with Crippen molar-refractivity contribution in [2.75, 3.05) is 12.4 Å². The molecule has 0 unspecified atom stereocenters. The molecule has 1 amide bonds. The molecule has 0 spiro atoms. The van der Waals surface area contributed by atoms with Gasteiger partial charge >= 0.3 is 0 Å². The SMILES string of the molecule is COc1ccc(NC(=S)NC(=O)Cc2cccc3ccccc23)c([N+](=O)[O-])c1. The van der Waals surface area contributed by atoms with Gasteiger partial charge in [-0.3, -0.25) is 14.9 Å². The zero-order valence-electron chi connectivity index (χ0n) is 15.0. The van der Waals surface area contributed by atoms with Gasteiger partial charge in [-0.15, -0.1) is 0 Å². The van der Waals surface area contributed by atoms with Crippen LogP contribution in [0.4, 0.5) is 11.4 Å². The van der Waals surface area contributed by atoms with Crippen LogP contribution >= 0.6 is 12.2 Å². The van der Waals surface area contributed by atoms with Gasteiger partial charge in [0.2, 0.25) is 5.91 Å². The summed E-state index contributed by atoms with van der Waals surface area (Å²) >= 11 is 5.13. The molecular weight excluding hydrogens is 378 g/mol. The van der Waals surface area contributed by atoms with Crippen LogP contribution in [0.2, 0.25) is 0 Å². The van der Waals surface area contributed by atoms with Crippen LogP contribution in [-0.2, 0) is 11.2 Å². The van der Waals surface area contributed by atoms with Crippen LogP contribution in [0.25, 0.3) is 10.8 Å². The number of benzene rings is 3. The summed E-state index contributed by atoms with van der Waals surface area (Å²) in [7, 11) is 1.42. The second-order valence-electron chi connectivity index (χ2n) is 5.96. The smallest absolute Gasteiger partial charge is 0.296 e. The summed E-state index contributed by atoms with van der Waals surface area (Å²) in [6.45, 7) is 0. The Morgan fingerprint density at radius 2 is 1.89 bits per heavy atom. The van der Waals surface area contributed by atoms with Gasteiger partial charge in [-0.25, -0.2) is 0 Å². The molecule has 28 heavy (non-hydrogen) atoms. The number of carbonyl (C=O) groups is 1. The molecule has 7 nitrogen and oxygen atoms in total. The largest absolute Gasteiger partial charge is 0.496 e. The summed E-state index contributed by atoms with van der Waals surface area (Å²) in [4.78, 5) is 23.1. The Labute approximate surface area is 166 Å². The number of nitro benzene ring substituents is 1. The normalized spacial score (nSPS) is 10.3. The van der Waals surface area contributed by atoms with Gasteiger partial charge in [-0.05, 0) is 40.7 Å². The van der Waals surface area contributed by atoms with E-state index in [0.717, 1.165) is 16.3 Å². The first-order valence-electron chi connectivity index (χ1n) is 8.38. The van der Waals surface area contributed by atoms with E-state index in [1.807, 2.05) is 42.5 Å². The fourth-order valence-electron chi connectivity index (χ4n) is 2.84. The van der Waals surface area contributed by atoms with Crippen molar-refractivity contribution < 1.29 is 14.5 Å². The minimum Gasteiger partial charge on any atom is -0.496 e. The third-order valence-corrected chi connectivity index (χ3v) is 4.34. The zero-order valence-corrected chi connectivity index (χ0v) is 15.8. The lowest BCUT2D eigenvalue weighted by molar-refractivity contribution is -0.384. The highest BCUT2D eigenvalue weighted by molar-refractivity contribution is 7.80. The third-order valence-electron chi connectivity index (χ3n) is 4.13. The molecule has 3 rings (SSSR count). The van der Waals surface area contributed by atoms with E-state index in [0.29, 0.717) is 5.75 Å². The highest BCUT2D eigenvalue weighted by Crippen LogP contribution is 2.28. The molecule has 0 aliphatic carbocycles. The molecule has 0 aliphatic heterocycles. The van der Waals surface area contributed by atoms with Gasteiger partial charge in [0.1, 0.15) is 11.4 Å². The lowest BCUT2D eigenvalue weighted by Gasteiger charge is -2.11. The number of carbonyl (C=O) groups excluding carboxylic acids is 1. The Morgan fingerprint density at radius 3 is 2.64 bits per heavy atom. The van der Waals surface area contributed by atoms with E-state index < -0.39 is 4.92 Å². The average molecular weight is 395 g/mol. The topological polar surface area (TPSA) is 93.5 Å². The highest BCUT2D eigenvalue weighted by Gasteiger charge is 2.17. The maximum atomic E-state index is 12.4. The fourth-order valence-corrected chi connectivity index (χ4v) is 3.06. The molecule has 0 bridgehead atoms. The molecule has 0 radical (unpaired) electrons. The molecule has 0 fully saturated rings. The Hall–Kier alpha value is -3.52. The van der Waals surface area contributed by atoms with Crippen molar-refractivity contribution in [3.05, 3.63) is 76.3 Å². The fraction of sp³-hybridized carbons (Fsp3) is 0.100. The molecule has 0 aromatic heterocycles. The number of ether oxygens (including phenoxy) is 1. The second kappa shape index (κ2) is 8.45. The van der Waals surface area contributed by atoms with Crippen molar-refractivity contribution in [1.29, 1.82) is 0 Å². The van der Waals surface area contributed by atoms with Crippen LogP contribution in [0, 0.1) is 10.1 Å². The number of nitro groups is 1. The lowest BCUT2D eigenvalue weighted by Crippen LogP contribution is -2.35. The molecule has 0 aliphatic rings. The van der Waals surface area contributed by atoms with Gasteiger partial charge in [0, 0.05) is 0 Å². The first-order valence-corrected chi connectivity index (χ1v) is 8.78. The van der Waals surface area contributed by atoms with E-state index in [-0.39, 0.29) is 28.8 Å². The Kier molecular flexibility index (Phi) is 5.81. The van der Waals surface area contributed by atoms with Crippen molar-refractivity contribution in [1.82, 2.24) is 5.32 Å². The van der Waals surface area contributed by atoms with E-state index in [1.165, 1.54) is 19.2 Å². The van der Waals surface area contributed by atoms with Gasteiger partial charge in [0.25, 0.3) is 5.69 Å². The standard InChI is InChI=1S/C20H17N3O4S/c1-27-15-9-10-17(18(12-15)23(25)26)21-20(28)22-19(24)11-14-7-4-6-13-5-2-3-8-16(13)14/h2-10,12H,11H2,1H3,(H2,21,22,24,28). The molecule has 3 aromatic carbocycles. The molecule has 0 saturated carbocycles. The minimum atomic E-state index is -0.550. The van der Waals surface area contributed by atoms with Crippen LogP contribution in [0.3, 0.4) is 0 Å². The van der Waals surface area contributed by atoms with Crippen LogP contribution in [-0.4, -0.2) is 23.1 Å². The van der Waals surface area contributed by atoms with Crippen LogP contribution < -0.4 is 15.4 Å². The average Bonchev–Trinajstić information content (AvgIpc) is 2.68. The molecule has 0 saturated heterocycles. The number of nitrogens with one attached hydrogen (secondary N) is 2. The number of nitrogens with zero attached hydrogens (tertiary/aromatic N) is 1. The van der Waals surface area contributed by atoms with Gasteiger partial charge in [0.05, 0.1) is 24.5 Å². The monoisotopic (exact) mass is 395 g/mol. The molecule has 0 heterocycles. The quantitative estimate of drug-likeness (QED) is 0.388. The number of hydrogen-bond acceptors (Lipinski definition) is 5. The number of hydrogen-bond donors (Lipinski definition) is 2. The lowest BCUT2D eigenvalue weighted by atomic mass is 10.0. The maximum absolute atomic E-state index is 12.4. The van der Waals surface area contributed by atoms with Gasteiger partial charge < -0.3 is 15.4 Å². The maximum Gasteiger partial charge on any atom is 0.296 e. The van der Waals surface area contributed by atoms with Crippen molar-refractivity contribution >= 4 is 45.4 Å². The third kappa shape index (κ3) is 4.41. The van der Waals surface area contributed by atoms with E-state index in [4.69, 9.17) is 17.0 Å². The summed E-state index contributed by atoms with van der Waals surface area (Å²) in [5, 5.41) is 18.5. The number of fused-ring (bicyclic) bond motifs is 1. The van der Waals surface area contributed by atoms with Crippen LogP contribution in [0.15, 0.2) is 60.7 Å². The Balaban J connectivity index is 1.70. The van der Waals surface area contributed by atoms with Gasteiger partial charge in [-0.2, -0.15) is 0 Å². The molecule has 142 valence electrons. The van der Waals surface area contributed by atoms with Gasteiger partial charge in [0.15, 0.2) is 5.11 Å². The summed E-state index contributed by atoms with van der Waals surface area (Å²) < 4.78 is 5.00. The molecular formula is C20H17N3O4S. The number of rotatable bonds is 5. The summed E-state index contributed by atoms with van der Waals surface area (Å²) in [6, 6.07) is 17.9. The minimum absolute atomic E-state index is 0.0153.